The fourth-order valence-corrected chi connectivity index (χ4v) is 2.66. The molecule has 0 N–H and O–H groups in total. The third-order valence-electron chi connectivity index (χ3n) is 3.58. The summed E-state index contributed by atoms with van der Waals surface area (Å²) in [6, 6.07) is 0. The molecule has 2 aliphatic rings. The summed E-state index contributed by atoms with van der Waals surface area (Å²) < 4.78 is 0. The summed E-state index contributed by atoms with van der Waals surface area (Å²) in [5.74, 6) is 3.22. The number of hydrogen-bond acceptors (Lipinski definition) is 0. The smallest absolute Gasteiger partial charge is 0.00900 e. The van der Waals surface area contributed by atoms with Crippen LogP contribution in [-0.2, 0) is 0 Å². The first-order valence-corrected chi connectivity index (χ1v) is 4.79. The molecule has 0 amide bonds. The molecule has 0 aromatic carbocycles. The molecule has 0 spiro atoms. The van der Waals surface area contributed by atoms with Crippen molar-refractivity contribution < 1.29 is 0 Å². The Morgan fingerprint density at radius 1 is 1.58 bits per heavy atom. The van der Waals surface area contributed by atoms with E-state index in [0.717, 1.165) is 11.8 Å². The zero-order valence-corrected chi connectivity index (χ0v) is 7.72. The largest absolute Gasteiger partial charge is 0.129 e. The molecular weight excluding hydrogens is 144 g/mol. The second kappa shape index (κ2) is 2.64. The lowest BCUT2D eigenvalue weighted by atomic mass is 9.77. The number of rotatable bonds is 1. The summed E-state index contributed by atoms with van der Waals surface area (Å²) in [7, 11) is 0. The van der Waals surface area contributed by atoms with Gasteiger partial charge in [-0.3, -0.25) is 0 Å². The third kappa shape index (κ3) is 0.990. The molecule has 0 aliphatic heterocycles. The van der Waals surface area contributed by atoms with Gasteiger partial charge in [0.2, 0.25) is 0 Å². The van der Waals surface area contributed by atoms with Crippen molar-refractivity contribution in [3.05, 3.63) is 30.5 Å². The van der Waals surface area contributed by atoms with E-state index in [4.69, 9.17) is 0 Å². The molecule has 0 heterocycles. The molecule has 0 aromatic rings. The van der Waals surface area contributed by atoms with E-state index in [1.807, 2.05) is 0 Å². The molecule has 2 fully saturated rings. The summed E-state index contributed by atoms with van der Waals surface area (Å²) >= 11 is 0. The number of hydrogen-bond donors (Lipinski definition) is 0. The highest BCUT2D eigenvalue weighted by molar-refractivity contribution is 5.19. The quantitative estimate of drug-likeness (QED) is 0.408. The first-order valence-electron chi connectivity index (χ1n) is 4.79. The Bertz CT molecular complexity index is 255. The monoisotopic (exact) mass is 160 g/mol. The Labute approximate surface area is 74.7 Å². The van der Waals surface area contributed by atoms with Crippen LogP contribution in [-0.4, -0.2) is 0 Å². The normalized spacial score (nSPS) is 44.6. The standard InChI is InChI=1S/C12H16/c1-4-9-6-10-7-12(10)11(5-2)8(9)3/h5,8,10-12H,1-2,6-7H2,3H3. The van der Waals surface area contributed by atoms with E-state index in [1.54, 1.807) is 0 Å². The van der Waals surface area contributed by atoms with Gasteiger partial charge in [-0.25, -0.2) is 0 Å². The van der Waals surface area contributed by atoms with Crippen LogP contribution in [0.15, 0.2) is 30.5 Å². The molecule has 4 atom stereocenters. The lowest BCUT2D eigenvalue weighted by Crippen LogP contribution is -2.19. The van der Waals surface area contributed by atoms with Crippen LogP contribution in [0.25, 0.3) is 0 Å². The highest BCUT2D eigenvalue weighted by Crippen LogP contribution is 2.56. The summed E-state index contributed by atoms with van der Waals surface area (Å²) in [5.41, 5.74) is 4.52. The van der Waals surface area contributed by atoms with Gasteiger partial charge in [0.25, 0.3) is 0 Å². The van der Waals surface area contributed by atoms with E-state index in [-0.39, 0.29) is 0 Å². The Morgan fingerprint density at radius 3 is 2.92 bits per heavy atom. The maximum absolute atomic E-state index is 3.92. The van der Waals surface area contributed by atoms with E-state index < -0.39 is 0 Å². The van der Waals surface area contributed by atoms with Gasteiger partial charge in [0.05, 0.1) is 0 Å². The van der Waals surface area contributed by atoms with E-state index in [1.165, 1.54) is 18.4 Å². The molecule has 0 aromatic heterocycles. The first kappa shape index (κ1) is 7.89. The van der Waals surface area contributed by atoms with Gasteiger partial charge in [-0.05, 0) is 42.1 Å². The van der Waals surface area contributed by atoms with Crippen molar-refractivity contribution in [1.82, 2.24) is 0 Å². The van der Waals surface area contributed by atoms with Crippen molar-refractivity contribution in [3.63, 3.8) is 0 Å². The van der Waals surface area contributed by atoms with Gasteiger partial charge in [-0.2, -0.15) is 0 Å². The zero-order valence-electron chi connectivity index (χ0n) is 7.72. The summed E-state index contributed by atoms with van der Waals surface area (Å²) in [5, 5.41) is 0. The zero-order chi connectivity index (χ0) is 8.72. The van der Waals surface area contributed by atoms with Gasteiger partial charge in [0, 0.05) is 0 Å². The minimum absolute atomic E-state index is 0.642. The van der Waals surface area contributed by atoms with Crippen molar-refractivity contribution >= 4 is 0 Å². The van der Waals surface area contributed by atoms with Crippen LogP contribution < -0.4 is 0 Å². The Kier molecular flexibility index (Phi) is 1.73. The molecule has 4 unspecified atom stereocenters. The Hall–Kier alpha value is -0.740. The van der Waals surface area contributed by atoms with Crippen LogP contribution in [0.4, 0.5) is 0 Å². The molecule has 0 bridgehead atoms. The summed E-state index contributed by atoms with van der Waals surface area (Å²) in [6.45, 7) is 9.97. The topological polar surface area (TPSA) is 0 Å². The second-order valence-corrected chi connectivity index (χ2v) is 4.17. The average molecular weight is 160 g/mol. The lowest BCUT2D eigenvalue weighted by Gasteiger charge is -2.27. The molecule has 2 rings (SSSR count). The molecule has 12 heavy (non-hydrogen) atoms. The fraction of sp³-hybridized carbons (Fsp3) is 0.583. The maximum Gasteiger partial charge on any atom is -0.00900 e. The molecule has 64 valence electrons. The Balaban J connectivity index is 2.25. The van der Waals surface area contributed by atoms with Crippen LogP contribution in [0.5, 0.6) is 0 Å². The predicted molar refractivity (Wildman–Crippen MR) is 51.7 cm³/mol. The SMILES string of the molecule is C=C=C1CC2CC2C(C=C)C1C. The highest BCUT2D eigenvalue weighted by atomic mass is 14.5. The van der Waals surface area contributed by atoms with E-state index >= 15 is 0 Å². The van der Waals surface area contributed by atoms with Crippen LogP contribution in [0, 0.1) is 23.7 Å². The molecule has 2 aliphatic carbocycles. The van der Waals surface area contributed by atoms with Crippen molar-refractivity contribution in [2.75, 3.05) is 0 Å². The van der Waals surface area contributed by atoms with Gasteiger partial charge >= 0.3 is 0 Å². The highest BCUT2D eigenvalue weighted by Gasteiger charge is 2.48. The molecule has 0 nitrogen and oxygen atoms in total. The van der Waals surface area contributed by atoms with Crippen molar-refractivity contribution in [2.24, 2.45) is 23.7 Å². The molecule has 0 radical (unpaired) electrons. The minimum atomic E-state index is 0.642. The second-order valence-electron chi connectivity index (χ2n) is 4.17. The average Bonchev–Trinajstić information content (AvgIpc) is 2.82. The van der Waals surface area contributed by atoms with Crippen LogP contribution in [0.1, 0.15) is 19.8 Å². The summed E-state index contributed by atoms with van der Waals surface area (Å²) in [4.78, 5) is 0. The lowest BCUT2D eigenvalue weighted by molar-refractivity contribution is 0.365. The molecule has 2 saturated carbocycles. The molecular formula is C12H16. The maximum atomic E-state index is 3.92. The first-order chi connectivity index (χ1) is 5.77. The van der Waals surface area contributed by atoms with E-state index in [2.05, 4.69) is 31.9 Å². The number of fused-ring (bicyclic) bond motifs is 1. The van der Waals surface area contributed by atoms with Gasteiger partial charge in [0.15, 0.2) is 0 Å². The minimum Gasteiger partial charge on any atom is -0.129 e. The number of allylic oxidation sites excluding steroid dienone is 2. The van der Waals surface area contributed by atoms with Crippen LogP contribution in [0.3, 0.4) is 0 Å². The molecule has 0 heteroatoms. The molecule has 0 saturated heterocycles. The fourth-order valence-electron chi connectivity index (χ4n) is 2.66. The van der Waals surface area contributed by atoms with Crippen molar-refractivity contribution in [2.45, 2.75) is 19.8 Å². The predicted octanol–water partition coefficient (Wildman–Crippen LogP) is 3.18. The van der Waals surface area contributed by atoms with E-state index in [0.29, 0.717) is 11.8 Å². The van der Waals surface area contributed by atoms with Gasteiger partial charge in [0.1, 0.15) is 0 Å². The summed E-state index contributed by atoms with van der Waals surface area (Å²) in [6.07, 6.45) is 4.79. The van der Waals surface area contributed by atoms with Crippen LogP contribution >= 0.6 is 0 Å². The van der Waals surface area contributed by atoms with Gasteiger partial charge in [-0.15, -0.1) is 12.3 Å². The van der Waals surface area contributed by atoms with Crippen molar-refractivity contribution in [1.29, 1.82) is 0 Å². The Morgan fingerprint density at radius 2 is 2.33 bits per heavy atom. The van der Waals surface area contributed by atoms with Crippen molar-refractivity contribution in [3.8, 4) is 0 Å². The van der Waals surface area contributed by atoms with E-state index in [9.17, 15) is 0 Å². The van der Waals surface area contributed by atoms with Gasteiger partial charge in [-0.1, -0.05) is 19.6 Å². The van der Waals surface area contributed by atoms with Gasteiger partial charge < -0.3 is 0 Å². The van der Waals surface area contributed by atoms with Crippen LogP contribution in [0.2, 0.25) is 0 Å². The third-order valence-corrected chi connectivity index (χ3v) is 3.58.